The Kier molecular flexibility index (Phi) is 7.19. The predicted molar refractivity (Wildman–Crippen MR) is 124 cm³/mol. The Balaban J connectivity index is 0.00000225. The van der Waals surface area contributed by atoms with Gasteiger partial charge in [-0.2, -0.15) is 0 Å². The number of halogens is 3. The van der Waals surface area contributed by atoms with Crippen molar-refractivity contribution in [2.75, 3.05) is 26.2 Å². The molecule has 0 saturated carbocycles. The summed E-state index contributed by atoms with van der Waals surface area (Å²) in [5, 5.41) is 0. The van der Waals surface area contributed by atoms with Gasteiger partial charge in [0.15, 0.2) is 5.78 Å². The molecule has 2 aliphatic rings. The highest BCUT2D eigenvalue weighted by Crippen LogP contribution is 2.46. The quantitative estimate of drug-likeness (QED) is 0.460. The molecule has 0 aliphatic carbocycles. The van der Waals surface area contributed by atoms with Crippen LogP contribution in [0.4, 0.5) is 0 Å². The Morgan fingerprint density at radius 1 is 1.18 bits per heavy atom. The molecule has 2 aromatic rings. The van der Waals surface area contributed by atoms with Crippen LogP contribution in [0.15, 0.2) is 50.2 Å². The number of hydrogen-bond acceptors (Lipinski definition) is 4. The van der Waals surface area contributed by atoms with Gasteiger partial charge in [-0.3, -0.25) is 4.79 Å². The largest absolute Gasteiger partial charge is 0.490 e. The first-order valence-electron chi connectivity index (χ1n) is 9.13. The van der Waals surface area contributed by atoms with Gasteiger partial charge in [-0.05, 0) is 72.5 Å². The molecular weight excluding hydrogens is 526 g/mol. The van der Waals surface area contributed by atoms with Crippen molar-refractivity contribution in [2.45, 2.75) is 29.4 Å². The molecule has 1 saturated heterocycles. The SMILES string of the molecule is Cc1c(Br)cc2c(c1Br)OCC(CN1CCCC1)(Sc1ccccc1)C2=O.Cl. The zero-order chi connectivity index (χ0) is 19.0. The van der Waals surface area contributed by atoms with Crippen LogP contribution in [0.25, 0.3) is 0 Å². The molecule has 0 amide bonds. The summed E-state index contributed by atoms with van der Waals surface area (Å²) in [7, 11) is 0. The van der Waals surface area contributed by atoms with E-state index in [1.165, 1.54) is 12.8 Å². The minimum atomic E-state index is -0.632. The molecule has 0 radical (unpaired) electrons. The van der Waals surface area contributed by atoms with Crippen molar-refractivity contribution in [3.05, 3.63) is 56.5 Å². The molecule has 2 aliphatic heterocycles. The standard InChI is InChI=1S/C21H21Br2NO2S.ClH/c1-14-17(22)11-16-19(18(14)23)26-13-21(20(16)25,12-24-9-5-6-10-24)27-15-7-3-2-4-8-15;/h2-4,7-8,11H,5-6,9-10,12-13H2,1H3;1H. The van der Waals surface area contributed by atoms with Gasteiger partial charge in [0, 0.05) is 15.9 Å². The molecule has 3 nitrogen and oxygen atoms in total. The molecule has 150 valence electrons. The number of hydrogen-bond donors (Lipinski definition) is 0. The summed E-state index contributed by atoms with van der Waals surface area (Å²) < 4.78 is 7.37. The zero-order valence-corrected chi connectivity index (χ0v) is 20.3. The van der Waals surface area contributed by atoms with Crippen molar-refractivity contribution < 1.29 is 9.53 Å². The van der Waals surface area contributed by atoms with E-state index >= 15 is 0 Å². The summed E-state index contributed by atoms with van der Waals surface area (Å²) in [6, 6.07) is 12.1. The van der Waals surface area contributed by atoms with Crippen LogP contribution in [0.3, 0.4) is 0 Å². The molecule has 1 atom stereocenters. The van der Waals surface area contributed by atoms with Gasteiger partial charge in [0.05, 0.1) is 10.0 Å². The number of rotatable bonds is 4. The number of thioether (sulfide) groups is 1. The molecule has 0 N–H and O–H groups in total. The van der Waals surface area contributed by atoms with Crippen LogP contribution in [0.5, 0.6) is 5.75 Å². The number of carbonyl (C=O) groups is 1. The summed E-state index contributed by atoms with van der Waals surface area (Å²) in [6.45, 7) is 5.21. The third-order valence-electron chi connectivity index (χ3n) is 5.24. The summed E-state index contributed by atoms with van der Waals surface area (Å²) in [4.78, 5) is 17.3. The van der Waals surface area contributed by atoms with E-state index in [2.05, 4.69) is 48.9 Å². The van der Waals surface area contributed by atoms with E-state index in [0.717, 1.165) is 32.5 Å². The monoisotopic (exact) mass is 545 g/mol. The van der Waals surface area contributed by atoms with Crippen LogP contribution in [0.1, 0.15) is 28.8 Å². The molecule has 0 spiro atoms. The van der Waals surface area contributed by atoms with Crippen LogP contribution < -0.4 is 4.74 Å². The second-order valence-electron chi connectivity index (χ2n) is 7.18. The molecule has 2 aromatic carbocycles. The maximum atomic E-state index is 13.8. The van der Waals surface area contributed by atoms with Crippen molar-refractivity contribution >= 4 is 61.8 Å². The first kappa shape index (κ1) is 22.2. The Hall–Kier alpha value is -0.530. The second-order valence-corrected chi connectivity index (χ2v) is 10.3. The smallest absolute Gasteiger partial charge is 0.187 e. The van der Waals surface area contributed by atoms with Gasteiger partial charge >= 0.3 is 0 Å². The molecule has 7 heteroatoms. The topological polar surface area (TPSA) is 29.5 Å². The van der Waals surface area contributed by atoms with Gasteiger partial charge in [-0.25, -0.2) is 0 Å². The molecule has 4 rings (SSSR count). The lowest BCUT2D eigenvalue weighted by molar-refractivity contribution is 0.0831. The fourth-order valence-corrected chi connectivity index (χ4v) is 6.29. The van der Waals surface area contributed by atoms with Crippen molar-refractivity contribution in [2.24, 2.45) is 0 Å². The van der Waals surface area contributed by atoms with Crippen LogP contribution >= 0.6 is 56.0 Å². The molecular formula is C21H22Br2ClNO2S. The van der Waals surface area contributed by atoms with E-state index in [0.29, 0.717) is 24.5 Å². The van der Waals surface area contributed by atoms with E-state index < -0.39 is 4.75 Å². The van der Waals surface area contributed by atoms with E-state index in [1.807, 2.05) is 31.2 Å². The Morgan fingerprint density at radius 3 is 2.54 bits per heavy atom. The fraction of sp³-hybridized carbons (Fsp3) is 0.381. The number of carbonyl (C=O) groups excluding carboxylic acids is 1. The van der Waals surface area contributed by atoms with Crippen molar-refractivity contribution in [1.29, 1.82) is 0 Å². The summed E-state index contributed by atoms with van der Waals surface area (Å²) >= 11 is 8.84. The molecule has 1 fully saturated rings. The Morgan fingerprint density at radius 2 is 1.86 bits per heavy atom. The lowest BCUT2D eigenvalue weighted by Gasteiger charge is -2.39. The third kappa shape index (κ3) is 4.17. The predicted octanol–water partition coefficient (Wildman–Crippen LogP) is 6.14. The van der Waals surface area contributed by atoms with Gasteiger partial charge < -0.3 is 9.64 Å². The maximum absolute atomic E-state index is 13.8. The van der Waals surface area contributed by atoms with E-state index in [4.69, 9.17) is 4.74 Å². The lowest BCUT2D eigenvalue weighted by Crippen LogP contribution is -2.52. The highest BCUT2D eigenvalue weighted by molar-refractivity contribution is 9.11. The van der Waals surface area contributed by atoms with Gasteiger partial charge in [-0.1, -0.05) is 34.1 Å². The average molecular weight is 548 g/mol. The van der Waals surface area contributed by atoms with Crippen molar-refractivity contribution in [3.8, 4) is 5.75 Å². The number of likely N-dealkylation sites (tertiary alicyclic amines) is 1. The fourth-order valence-electron chi connectivity index (χ4n) is 3.74. The van der Waals surface area contributed by atoms with Gasteiger partial charge in [0.2, 0.25) is 0 Å². The second kappa shape index (κ2) is 9.09. The Labute approximate surface area is 193 Å². The number of nitrogens with zero attached hydrogens (tertiary/aromatic N) is 1. The first-order chi connectivity index (χ1) is 13.0. The first-order valence-corrected chi connectivity index (χ1v) is 11.5. The molecule has 0 bridgehead atoms. The highest BCUT2D eigenvalue weighted by atomic mass is 79.9. The van der Waals surface area contributed by atoms with Crippen LogP contribution in [-0.4, -0.2) is 41.7 Å². The lowest BCUT2D eigenvalue weighted by atomic mass is 9.92. The summed E-state index contributed by atoms with van der Waals surface area (Å²) in [5.41, 5.74) is 1.71. The third-order valence-corrected chi connectivity index (χ3v) is 8.35. The molecule has 28 heavy (non-hydrogen) atoms. The molecule has 2 heterocycles. The van der Waals surface area contributed by atoms with Crippen LogP contribution in [0.2, 0.25) is 0 Å². The van der Waals surface area contributed by atoms with Crippen molar-refractivity contribution in [1.82, 2.24) is 4.90 Å². The number of Topliss-reactive ketones (excluding diaryl/α,β-unsaturated/α-hetero) is 1. The molecule has 0 aromatic heterocycles. The van der Waals surface area contributed by atoms with Gasteiger partial charge in [0.25, 0.3) is 0 Å². The number of ether oxygens (including phenoxy) is 1. The van der Waals surface area contributed by atoms with E-state index in [9.17, 15) is 4.79 Å². The maximum Gasteiger partial charge on any atom is 0.187 e. The van der Waals surface area contributed by atoms with Crippen LogP contribution in [0, 0.1) is 6.92 Å². The zero-order valence-electron chi connectivity index (χ0n) is 15.5. The van der Waals surface area contributed by atoms with Crippen molar-refractivity contribution in [3.63, 3.8) is 0 Å². The van der Waals surface area contributed by atoms with E-state index in [1.54, 1.807) is 11.8 Å². The minimum Gasteiger partial charge on any atom is -0.490 e. The van der Waals surface area contributed by atoms with Gasteiger partial charge in [0.1, 0.15) is 17.1 Å². The van der Waals surface area contributed by atoms with E-state index in [-0.39, 0.29) is 18.2 Å². The number of benzene rings is 2. The Bertz CT molecular complexity index is 874. The average Bonchev–Trinajstić information content (AvgIpc) is 3.17. The minimum absolute atomic E-state index is 0. The highest BCUT2D eigenvalue weighted by Gasteiger charge is 2.47. The molecule has 1 unspecified atom stereocenters. The number of ketones is 1. The van der Waals surface area contributed by atoms with Crippen LogP contribution in [-0.2, 0) is 0 Å². The summed E-state index contributed by atoms with van der Waals surface area (Å²) in [5.74, 6) is 0.831. The summed E-state index contributed by atoms with van der Waals surface area (Å²) in [6.07, 6.45) is 2.40. The number of fused-ring (bicyclic) bond motifs is 1. The van der Waals surface area contributed by atoms with Gasteiger partial charge in [-0.15, -0.1) is 24.2 Å². The normalized spacial score (nSPS) is 21.8.